The summed E-state index contributed by atoms with van der Waals surface area (Å²) in [5.74, 6) is 0.0283. The van der Waals surface area contributed by atoms with Gasteiger partial charge < -0.3 is 20.1 Å². The molecular formula is C16H18N2O4S. The summed E-state index contributed by atoms with van der Waals surface area (Å²) in [6.45, 7) is 0. The molecule has 122 valence electrons. The van der Waals surface area contributed by atoms with Gasteiger partial charge >= 0.3 is 0 Å². The van der Waals surface area contributed by atoms with Crippen molar-refractivity contribution in [2.24, 2.45) is 5.92 Å². The third-order valence-corrected chi connectivity index (χ3v) is 5.05. The van der Waals surface area contributed by atoms with Crippen LogP contribution in [-0.4, -0.2) is 29.2 Å². The first kappa shape index (κ1) is 15.8. The molecule has 0 spiro atoms. The minimum Gasteiger partial charge on any atom is -0.491 e. The van der Waals surface area contributed by atoms with Crippen molar-refractivity contribution in [3.8, 4) is 5.75 Å². The number of aliphatic hydroxyl groups is 1. The molecule has 23 heavy (non-hydrogen) atoms. The molecule has 0 aliphatic heterocycles. The number of pyridine rings is 1. The lowest BCUT2D eigenvalue weighted by atomic mass is 9.76. The summed E-state index contributed by atoms with van der Waals surface area (Å²) in [6, 6.07) is 4.98. The summed E-state index contributed by atoms with van der Waals surface area (Å²) in [5.41, 5.74) is -0.152. The molecule has 2 aromatic rings. The molecule has 2 heterocycles. The zero-order valence-corrected chi connectivity index (χ0v) is 13.4. The number of H-pyrrole nitrogens is 1. The summed E-state index contributed by atoms with van der Waals surface area (Å²) in [4.78, 5) is 28.1. The highest BCUT2D eigenvalue weighted by Gasteiger charge is 2.36. The number of rotatable bonds is 5. The largest absolute Gasteiger partial charge is 0.491 e. The lowest BCUT2D eigenvalue weighted by Gasteiger charge is -2.37. The van der Waals surface area contributed by atoms with Gasteiger partial charge in [0, 0.05) is 17.1 Å². The number of carbonyl (C=O) groups is 1. The van der Waals surface area contributed by atoms with Gasteiger partial charge in [0.1, 0.15) is 5.69 Å². The van der Waals surface area contributed by atoms with Crippen molar-refractivity contribution in [2.45, 2.75) is 25.0 Å². The predicted molar refractivity (Wildman–Crippen MR) is 86.9 cm³/mol. The average Bonchev–Trinajstić information content (AvgIpc) is 3.03. The van der Waals surface area contributed by atoms with E-state index in [4.69, 9.17) is 4.74 Å². The Balaban J connectivity index is 1.78. The standard InChI is InChI=1S/C16H18N2O4S/c1-22-13-8-17-11(7-12(13)20)16(21)18-15(9-5-10(19)6-9)14-3-2-4-23-14/h2-4,7-10,15,19H,5-6H2,1H3,(H,17,20)(H,18,21)/t9?,10?,15-/m0/s1. The van der Waals surface area contributed by atoms with Gasteiger partial charge in [0.2, 0.25) is 5.43 Å². The van der Waals surface area contributed by atoms with Crippen LogP contribution < -0.4 is 15.5 Å². The van der Waals surface area contributed by atoms with Crippen LogP contribution in [0.1, 0.15) is 34.2 Å². The van der Waals surface area contributed by atoms with Crippen LogP contribution in [0.3, 0.4) is 0 Å². The first-order chi connectivity index (χ1) is 11.1. The molecular weight excluding hydrogens is 316 g/mol. The number of hydrogen-bond acceptors (Lipinski definition) is 5. The first-order valence-electron chi connectivity index (χ1n) is 7.37. The van der Waals surface area contributed by atoms with Gasteiger partial charge in [-0.15, -0.1) is 11.3 Å². The summed E-state index contributed by atoms with van der Waals surface area (Å²) in [5, 5.41) is 14.5. The van der Waals surface area contributed by atoms with E-state index in [1.54, 1.807) is 11.3 Å². The second-order valence-corrected chi connectivity index (χ2v) is 6.61. The highest BCUT2D eigenvalue weighted by atomic mass is 32.1. The fraction of sp³-hybridized carbons (Fsp3) is 0.375. The first-order valence-corrected chi connectivity index (χ1v) is 8.25. The second kappa shape index (κ2) is 6.55. The van der Waals surface area contributed by atoms with Gasteiger partial charge in [-0.1, -0.05) is 6.07 Å². The van der Waals surface area contributed by atoms with Crippen LogP contribution in [-0.2, 0) is 0 Å². The highest BCUT2D eigenvalue weighted by Crippen LogP contribution is 2.39. The third kappa shape index (κ3) is 3.30. The number of carbonyl (C=O) groups excluding carboxylic acids is 1. The molecule has 1 atom stereocenters. The molecule has 6 nitrogen and oxygen atoms in total. The van der Waals surface area contributed by atoms with E-state index in [1.165, 1.54) is 19.4 Å². The number of hydrogen-bond donors (Lipinski definition) is 3. The Morgan fingerprint density at radius 1 is 1.52 bits per heavy atom. The zero-order valence-electron chi connectivity index (χ0n) is 12.6. The number of aliphatic hydroxyl groups excluding tert-OH is 1. The van der Waals surface area contributed by atoms with Crippen molar-refractivity contribution in [3.63, 3.8) is 0 Å². The Bertz CT molecular complexity index is 735. The molecule has 0 bridgehead atoms. The number of aromatic nitrogens is 1. The van der Waals surface area contributed by atoms with Crippen LogP contribution in [0.25, 0.3) is 0 Å². The van der Waals surface area contributed by atoms with Crippen molar-refractivity contribution in [3.05, 3.63) is 50.6 Å². The number of aromatic amines is 1. The van der Waals surface area contributed by atoms with Crippen molar-refractivity contribution in [2.75, 3.05) is 7.11 Å². The minimum atomic E-state index is -0.344. The highest BCUT2D eigenvalue weighted by molar-refractivity contribution is 7.10. The second-order valence-electron chi connectivity index (χ2n) is 5.63. The molecule has 0 aromatic carbocycles. The third-order valence-electron chi connectivity index (χ3n) is 4.10. The van der Waals surface area contributed by atoms with Crippen molar-refractivity contribution >= 4 is 17.2 Å². The molecule has 1 saturated carbocycles. The molecule has 0 radical (unpaired) electrons. The molecule has 1 fully saturated rings. The molecule has 1 aliphatic carbocycles. The molecule has 0 unspecified atom stereocenters. The summed E-state index contributed by atoms with van der Waals surface area (Å²) in [6.07, 6.45) is 2.43. The lowest BCUT2D eigenvalue weighted by Crippen LogP contribution is -2.41. The Kier molecular flexibility index (Phi) is 4.49. The summed E-state index contributed by atoms with van der Waals surface area (Å²) in [7, 11) is 1.40. The van der Waals surface area contributed by atoms with E-state index in [-0.39, 0.29) is 40.8 Å². The van der Waals surface area contributed by atoms with E-state index < -0.39 is 0 Å². The molecule has 3 N–H and O–H groups in total. The average molecular weight is 334 g/mol. The van der Waals surface area contributed by atoms with Crippen LogP contribution in [0, 0.1) is 5.92 Å². The number of amides is 1. The topological polar surface area (TPSA) is 91.4 Å². The Labute approximate surface area is 137 Å². The van der Waals surface area contributed by atoms with Gasteiger partial charge in [-0.3, -0.25) is 9.59 Å². The SMILES string of the molecule is COc1c[nH]c(C(=O)N[C@H](c2cccs2)C2CC(O)C2)cc1=O. The number of ether oxygens (including phenoxy) is 1. The van der Waals surface area contributed by atoms with E-state index in [2.05, 4.69) is 10.3 Å². The molecule has 1 amide bonds. The van der Waals surface area contributed by atoms with Gasteiger partial charge in [0.15, 0.2) is 5.75 Å². The molecule has 3 rings (SSSR count). The quantitative estimate of drug-likeness (QED) is 0.776. The van der Waals surface area contributed by atoms with Gasteiger partial charge in [0.25, 0.3) is 5.91 Å². The normalized spacial score (nSPS) is 21.3. The van der Waals surface area contributed by atoms with Gasteiger partial charge in [0.05, 0.1) is 19.3 Å². The van der Waals surface area contributed by atoms with Gasteiger partial charge in [-0.2, -0.15) is 0 Å². The fourth-order valence-electron chi connectivity index (χ4n) is 2.76. The van der Waals surface area contributed by atoms with E-state index >= 15 is 0 Å². The Morgan fingerprint density at radius 2 is 2.30 bits per heavy atom. The molecule has 7 heteroatoms. The van der Waals surface area contributed by atoms with E-state index in [1.807, 2.05) is 17.5 Å². The van der Waals surface area contributed by atoms with E-state index in [0.717, 1.165) is 4.88 Å². The number of nitrogens with one attached hydrogen (secondary N) is 2. The van der Waals surface area contributed by atoms with Crippen LogP contribution >= 0.6 is 11.3 Å². The predicted octanol–water partition coefficient (Wildman–Crippen LogP) is 1.69. The minimum absolute atomic E-state index is 0.156. The summed E-state index contributed by atoms with van der Waals surface area (Å²) >= 11 is 1.57. The van der Waals surface area contributed by atoms with Gasteiger partial charge in [-0.25, -0.2) is 0 Å². The van der Waals surface area contributed by atoms with Crippen LogP contribution in [0.15, 0.2) is 34.6 Å². The molecule has 2 aromatic heterocycles. The van der Waals surface area contributed by atoms with Crippen molar-refractivity contribution in [1.29, 1.82) is 0 Å². The Morgan fingerprint density at radius 3 is 2.87 bits per heavy atom. The fourth-order valence-corrected chi connectivity index (χ4v) is 3.63. The van der Waals surface area contributed by atoms with Crippen molar-refractivity contribution < 1.29 is 14.6 Å². The number of methoxy groups -OCH3 is 1. The molecule has 0 saturated heterocycles. The van der Waals surface area contributed by atoms with E-state index in [0.29, 0.717) is 12.8 Å². The zero-order chi connectivity index (χ0) is 16.4. The lowest BCUT2D eigenvalue weighted by molar-refractivity contribution is 0.0240. The van der Waals surface area contributed by atoms with Crippen LogP contribution in [0.5, 0.6) is 5.75 Å². The maximum absolute atomic E-state index is 12.4. The van der Waals surface area contributed by atoms with Crippen LogP contribution in [0.4, 0.5) is 0 Å². The smallest absolute Gasteiger partial charge is 0.268 e. The van der Waals surface area contributed by atoms with Crippen molar-refractivity contribution in [1.82, 2.24) is 10.3 Å². The van der Waals surface area contributed by atoms with Gasteiger partial charge in [-0.05, 0) is 30.2 Å². The van der Waals surface area contributed by atoms with Crippen LogP contribution in [0.2, 0.25) is 0 Å². The monoisotopic (exact) mass is 334 g/mol. The van der Waals surface area contributed by atoms with E-state index in [9.17, 15) is 14.7 Å². The maximum Gasteiger partial charge on any atom is 0.268 e. The Hall–Kier alpha value is -2.12. The molecule has 1 aliphatic rings. The number of thiophene rings is 1. The summed E-state index contributed by atoms with van der Waals surface area (Å²) < 4.78 is 4.89. The maximum atomic E-state index is 12.4.